The van der Waals surface area contributed by atoms with Gasteiger partial charge in [0, 0.05) is 37.4 Å². The number of amides is 1. The Kier molecular flexibility index (Phi) is 6.82. The van der Waals surface area contributed by atoms with Crippen LogP contribution in [0.5, 0.6) is 0 Å². The number of piperidine rings is 1. The van der Waals surface area contributed by atoms with Crippen LogP contribution in [0, 0.1) is 18.6 Å². The number of carbonyl (C=O) groups excluding carboxylic acids is 2. The average Bonchev–Trinajstić information content (AvgIpc) is 3.15. The van der Waals surface area contributed by atoms with E-state index < -0.39 is 23.2 Å². The number of fused-ring (bicyclic) bond motifs is 2. The third-order valence-electron chi connectivity index (χ3n) is 7.61. The second-order valence-corrected chi connectivity index (χ2v) is 9.78. The van der Waals surface area contributed by atoms with Gasteiger partial charge >= 0.3 is 5.97 Å². The lowest BCUT2D eigenvalue weighted by Gasteiger charge is -2.41. The fourth-order valence-corrected chi connectivity index (χ4v) is 5.72. The molecule has 2 N–H and O–H groups in total. The van der Waals surface area contributed by atoms with Crippen LogP contribution in [0.1, 0.15) is 58.3 Å². The molecule has 2 unspecified atom stereocenters. The fourth-order valence-electron chi connectivity index (χ4n) is 5.72. The highest BCUT2D eigenvalue weighted by Crippen LogP contribution is 2.51. The summed E-state index contributed by atoms with van der Waals surface area (Å²) in [5.74, 6) is -2.87. The Morgan fingerprint density at radius 2 is 1.89 bits per heavy atom. The largest absolute Gasteiger partial charge is 0.450 e. The first-order chi connectivity index (χ1) is 17.8. The van der Waals surface area contributed by atoms with Crippen molar-refractivity contribution in [3.05, 3.63) is 94.0 Å². The molecule has 3 aromatic rings. The van der Waals surface area contributed by atoms with E-state index in [9.17, 15) is 18.4 Å². The summed E-state index contributed by atoms with van der Waals surface area (Å²) < 4.78 is 34.2. The van der Waals surface area contributed by atoms with Crippen LogP contribution in [0.2, 0.25) is 0 Å². The summed E-state index contributed by atoms with van der Waals surface area (Å²) in [4.78, 5) is 24.4. The van der Waals surface area contributed by atoms with E-state index in [0.29, 0.717) is 44.5 Å². The SMILES string of the molecule is CCC(=O)NCCc1ccccc1-c1ccc(C2CNCCC23OC(=O)c2cc(F)c(F)cc23)c(C)c1. The number of benzene rings is 3. The molecular weight excluding hydrogens is 474 g/mol. The number of halogens is 2. The van der Waals surface area contributed by atoms with Crippen LogP contribution in [0.25, 0.3) is 11.1 Å². The standard InChI is InChI=1S/C30H30F2N2O3/c1-3-28(35)34-12-10-19-6-4-5-7-22(19)20-8-9-21(18(2)14-20)25-17-33-13-11-30(25)24-16-27(32)26(31)15-23(24)29(36)37-30/h4-9,14-16,25,33H,3,10-13,17H2,1-2H3,(H,34,35). The van der Waals surface area contributed by atoms with Gasteiger partial charge in [0.1, 0.15) is 5.60 Å². The highest BCUT2D eigenvalue weighted by Gasteiger charge is 2.53. The second kappa shape index (κ2) is 10.1. The van der Waals surface area contributed by atoms with Gasteiger partial charge in [0.25, 0.3) is 0 Å². The maximum absolute atomic E-state index is 14.3. The molecule has 1 amide bonds. The number of hydrogen-bond donors (Lipinski definition) is 2. The van der Waals surface area contributed by atoms with Gasteiger partial charge in [-0.05, 0) is 59.8 Å². The molecule has 2 heterocycles. The normalized spacial score (nSPS) is 20.5. The molecule has 2 aliphatic heterocycles. The van der Waals surface area contributed by atoms with Crippen LogP contribution in [0.15, 0.2) is 54.6 Å². The van der Waals surface area contributed by atoms with Gasteiger partial charge in [0.2, 0.25) is 5.91 Å². The number of esters is 1. The molecule has 1 saturated heterocycles. The molecule has 0 aromatic heterocycles. The molecule has 1 spiro atoms. The van der Waals surface area contributed by atoms with E-state index >= 15 is 0 Å². The van der Waals surface area contributed by atoms with Gasteiger partial charge < -0.3 is 15.4 Å². The summed E-state index contributed by atoms with van der Waals surface area (Å²) in [7, 11) is 0. The topological polar surface area (TPSA) is 67.4 Å². The molecule has 0 radical (unpaired) electrons. The molecule has 1 fully saturated rings. The lowest BCUT2D eigenvalue weighted by atomic mass is 9.72. The predicted molar refractivity (Wildman–Crippen MR) is 137 cm³/mol. The molecule has 7 heteroatoms. The minimum Gasteiger partial charge on any atom is -0.450 e. The van der Waals surface area contributed by atoms with Crippen molar-refractivity contribution in [2.75, 3.05) is 19.6 Å². The monoisotopic (exact) mass is 504 g/mol. The van der Waals surface area contributed by atoms with Gasteiger partial charge in [-0.1, -0.05) is 49.4 Å². The van der Waals surface area contributed by atoms with Crippen LogP contribution in [0.4, 0.5) is 8.78 Å². The molecule has 0 saturated carbocycles. The number of hydrogen-bond acceptors (Lipinski definition) is 4. The van der Waals surface area contributed by atoms with E-state index in [0.717, 1.165) is 39.9 Å². The molecule has 3 aromatic carbocycles. The zero-order valence-electron chi connectivity index (χ0n) is 21.0. The summed E-state index contributed by atoms with van der Waals surface area (Å²) in [6, 6.07) is 16.4. The van der Waals surface area contributed by atoms with E-state index in [2.05, 4.69) is 34.9 Å². The first kappa shape index (κ1) is 25.1. The minimum atomic E-state index is -1.05. The van der Waals surface area contributed by atoms with Crippen molar-refractivity contribution in [1.82, 2.24) is 10.6 Å². The maximum Gasteiger partial charge on any atom is 0.339 e. The molecule has 0 bridgehead atoms. The van der Waals surface area contributed by atoms with Crippen molar-refractivity contribution in [2.45, 2.75) is 44.6 Å². The molecule has 2 atom stereocenters. The summed E-state index contributed by atoms with van der Waals surface area (Å²) in [5.41, 5.74) is 4.77. The number of aryl methyl sites for hydroxylation is 1. The summed E-state index contributed by atoms with van der Waals surface area (Å²) >= 11 is 0. The summed E-state index contributed by atoms with van der Waals surface area (Å²) in [6.07, 6.45) is 1.64. The smallest absolute Gasteiger partial charge is 0.339 e. The highest BCUT2D eigenvalue weighted by molar-refractivity contribution is 5.95. The van der Waals surface area contributed by atoms with Gasteiger partial charge in [-0.3, -0.25) is 4.79 Å². The first-order valence-corrected chi connectivity index (χ1v) is 12.7. The number of ether oxygens (including phenoxy) is 1. The average molecular weight is 505 g/mol. The fraction of sp³-hybridized carbons (Fsp3) is 0.333. The van der Waals surface area contributed by atoms with Crippen molar-refractivity contribution in [1.29, 1.82) is 0 Å². The molecule has 192 valence electrons. The lowest BCUT2D eigenvalue weighted by molar-refractivity contribution is -0.120. The zero-order chi connectivity index (χ0) is 26.2. The third-order valence-corrected chi connectivity index (χ3v) is 7.61. The Bertz CT molecular complexity index is 1370. The Balaban J connectivity index is 1.49. The van der Waals surface area contributed by atoms with Crippen molar-refractivity contribution in [3.63, 3.8) is 0 Å². The molecule has 2 aliphatic rings. The van der Waals surface area contributed by atoms with Crippen molar-refractivity contribution in [3.8, 4) is 11.1 Å². The van der Waals surface area contributed by atoms with E-state index in [1.54, 1.807) is 0 Å². The minimum absolute atomic E-state index is 0.0319. The van der Waals surface area contributed by atoms with E-state index in [4.69, 9.17) is 4.74 Å². The first-order valence-electron chi connectivity index (χ1n) is 12.7. The summed E-state index contributed by atoms with van der Waals surface area (Å²) in [6.45, 7) is 5.56. The zero-order valence-corrected chi connectivity index (χ0v) is 21.0. The molecule has 5 rings (SSSR count). The van der Waals surface area contributed by atoms with Crippen molar-refractivity contribution in [2.24, 2.45) is 0 Å². The molecule has 37 heavy (non-hydrogen) atoms. The van der Waals surface area contributed by atoms with Gasteiger partial charge in [-0.2, -0.15) is 0 Å². The number of nitrogens with one attached hydrogen (secondary N) is 2. The molecule has 0 aliphatic carbocycles. The van der Waals surface area contributed by atoms with Crippen LogP contribution in [-0.4, -0.2) is 31.5 Å². The Morgan fingerprint density at radius 3 is 2.68 bits per heavy atom. The maximum atomic E-state index is 14.3. The molecular formula is C30H30F2N2O3. The van der Waals surface area contributed by atoms with Crippen molar-refractivity contribution < 1.29 is 23.1 Å². The Labute approximate surface area is 215 Å². The van der Waals surface area contributed by atoms with Gasteiger partial charge in [0.05, 0.1) is 5.56 Å². The van der Waals surface area contributed by atoms with Crippen LogP contribution < -0.4 is 10.6 Å². The van der Waals surface area contributed by atoms with E-state index in [1.165, 1.54) is 0 Å². The number of carbonyl (C=O) groups is 2. The molecule has 5 nitrogen and oxygen atoms in total. The van der Waals surface area contributed by atoms with Crippen LogP contribution in [-0.2, 0) is 21.6 Å². The van der Waals surface area contributed by atoms with E-state index in [1.807, 2.05) is 32.0 Å². The van der Waals surface area contributed by atoms with Gasteiger partial charge in [-0.15, -0.1) is 0 Å². The lowest BCUT2D eigenvalue weighted by Crippen LogP contribution is -2.47. The van der Waals surface area contributed by atoms with Crippen LogP contribution in [0.3, 0.4) is 0 Å². The van der Waals surface area contributed by atoms with Gasteiger partial charge in [-0.25, -0.2) is 13.6 Å². The predicted octanol–water partition coefficient (Wildman–Crippen LogP) is 5.15. The van der Waals surface area contributed by atoms with Crippen molar-refractivity contribution >= 4 is 11.9 Å². The Hall–Kier alpha value is -3.58. The third kappa shape index (κ3) is 4.53. The van der Waals surface area contributed by atoms with Crippen LogP contribution >= 0.6 is 0 Å². The number of rotatable bonds is 6. The second-order valence-electron chi connectivity index (χ2n) is 9.78. The quantitative estimate of drug-likeness (QED) is 0.456. The van der Waals surface area contributed by atoms with Gasteiger partial charge in [0.15, 0.2) is 11.6 Å². The summed E-state index contributed by atoms with van der Waals surface area (Å²) in [5, 5.41) is 6.31. The highest BCUT2D eigenvalue weighted by atomic mass is 19.2. The van der Waals surface area contributed by atoms with E-state index in [-0.39, 0.29) is 17.4 Å². The Morgan fingerprint density at radius 1 is 1.11 bits per heavy atom.